The first-order chi connectivity index (χ1) is 11.1. The number of likely N-dealkylation sites (tertiary alicyclic amines) is 2. The summed E-state index contributed by atoms with van der Waals surface area (Å²) in [5.41, 5.74) is 0.777. The van der Waals surface area contributed by atoms with Crippen LogP contribution in [0, 0.1) is 11.7 Å². The molecule has 3 rings (SSSR count). The van der Waals surface area contributed by atoms with Gasteiger partial charge in [-0.05, 0) is 57.7 Å². The largest absolute Gasteiger partial charge is 0.343 e. The maximum Gasteiger partial charge on any atom is 0.222 e. The fourth-order valence-electron chi connectivity index (χ4n) is 3.90. The van der Waals surface area contributed by atoms with E-state index in [1.807, 2.05) is 17.0 Å². The van der Waals surface area contributed by atoms with E-state index < -0.39 is 0 Å². The fourth-order valence-corrected chi connectivity index (χ4v) is 3.90. The molecular formula is C19H27FN2O. The minimum absolute atomic E-state index is 0.103. The summed E-state index contributed by atoms with van der Waals surface area (Å²) in [6.07, 6.45) is 5.09. The number of benzene rings is 1. The Bertz CT molecular complexity index is 534. The van der Waals surface area contributed by atoms with Crippen LogP contribution in [0.15, 0.2) is 24.3 Å². The first-order valence-electron chi connectivity index (χ1n) is 8.91. The van der Waals surface area contributed by atoms with Crippen LogP contribution in [0.4, 0.5) is 4.39 Å². The third kappa shape index (κ3) is 3.92. The second-order valence-electron chi connectivity index (χ2n) is 6.97. The quantitative estimate of drug-likeness (QED) is 0.846. The second kappa shape index (κ2) is 7.43. The van der Waals surface area contributed by atoms with Crippen LogP contribution in [0.1, 0.15) is 50.6 Å². The molecule has 0 spiro atoms. The van der Waals surface area contributed by atoms with Crippen molar-refractivity contribution in [1.29, 1.82) is 0 Å². The number of halogens is 1. The van der Waals surface area contributed by atoms with Gasteiger partial charge in [-0.1, -0.05) is 18.2 Å². The lowest BCUT2D eigenvalue weighted by atomic mass is 9.91. The molecule has 0 radical (unpaired) electrons. The lowest BCUT2D eigenvalue weighted by Crippen LogP contribution is -2.38. The summed E-state index contributed by atoms with van der Waals surface area (Å²) in [7, 11) is 0. The molecule has 4 heteroatoms. The van der Waals surface area contributed by atoms with E-state index in [0.29, 0.717) is 18.2 Å². The molecule has 1 aromatic carbocycles. The van der Waals surface area contributed by atoms with Gasteiger partial charge in [0.05, 0.1) is 0 Å². The topological polar surface area (TPSA) is 23.6 Å². The number of hydrogen-bond donors (Lipinski definition) is 0. The van der Waals surface area contributed by atoms with Crippen molar-refractivity contribution in [2.75, 3.05) is 26.2 Å². The van der Waals surface area contributed by atoms with Crippen molar-refractivity contribution in [2.24, 2.45) is 5.92 Å². The Morgan fingerprint density at radius 3 is 2.48 bits per heavy atom. The maximum absolute atomic E-state index is 13.9. The molecule has 2 aliphatic rings. The number of nitrogens with zero attached hydrogens (tertiary/aromatic N) is 2. The van der Waals surface area contributed by atoms with Crippen LogP contribution < -0.4 is 0 Å². The molecule has 0 aromatic heterocycles. The average molecular weight is 318 g/mol. The van der Waals surface area contributed by atoms with Crippen molar-refractivity contribution in [3.63, 3.8) is 0 Å². The molecule has 0 N–H and O–H groups in total. The monoisotopic (exact) mass is 318 g/mol. The molecule has 0 bridgehead atoms. The molecule has 0 aliphatic carbocycles. The second-order valence-corrected chi connectivity index (χ2v) is 6.97. The standard InChI is InChI=1S/C19H27FN2O/c1-15(17-6-2-3-7-18(17)20)21-12-8-16(9-13-21)14-19(23)22-10-4-5-11-22/h2-3,6-7,15-16H,4-5,8-14H2,1H3. The van der Waals surface area contributed by atoms with Crippen LogP contribution in [0.2, 0.25) is 0 Å². The highest BCUT2D eigenvalue weighted by atomic mass is 19.1. The molecule has 2 saturated heterocycles. The summed E-state index contributed by atoms with van der Waals surface area (Å²) in [5, 5.41) is 0. The molecule has 3 nitrogen and oxygen atoms in total. The summed E-state index contributed by atoms with van der Waals surface area (Å²) in [4.78, 5) is 16.6. The van der Waals surface area contributed by atoms with Gasteiger partial charge in [-0.15, -0.1) is 0 Å². The molecule has 23 heavy (non-hydrogen) atoms. The van der Waals surface area contributed by atoms with E-state index in [2.05, 4.69) is 11.8 Å². The van der Waals surface area contributed by atoms with Crippen LogP contribution in [-0.4, -0.2) is 41.9 Å². The number of carbonyl (C=O) groups is 1. The Labute approximate surface area is 138 Å². The molecule has 2 fully saturated rings. The van der Waals surface area contributed by atoms with Crippen molar-refractivity contribution in [1.82, 2.24) is 9.80 Å². The SMILES string of the molecule is CC(c1ccccc1F)N1CCC(CC(=O)N2CCCC2)CC1. The zero-order valence-electron chi connectivity index (χ0n) is 14.0. The molecule has 0 saturated carbocycles. The van der Waals surface area contributed by atoms with Crippen LogP contribution in [0.5, 0.6) is 0 Å². The lowest BCUT2D eigenvalue weighted by molar-refractivity contribution is -0.131. The highest BCUT2D eigenvalue weighted by molar-refractivity contribution is 5.76. The number of carbonyl (C=O) groups excluding carboxylic acids is 1. The summed E-state index contributed by atoms with van der Waals surface area (Å²) in [6, 6.07) is 7.15. The van der Waals surface area contributed by atoms with Gasteiger partial charge in [0.2, 0.25) is 5.91 Å². The van der Waals surface area contributed by atoms with Gasteiger partial charge >= 0.3 is 0 Å². The van der Waals surface area contributed by atoms with Gasteiger partial charge in [0, 0.05) is 31.1 Å². The van der Waals surface area contributed by atoms with Crippen molar-refractivity contribution < 1.29 is 9.18 Å². The van der Waals surface area contributed by atoms with Gasteiger partial charge < -0.3 is 4.90 Å². The first-order valence-corrected chi connectivity index (χ1v) is 8.91. The van der Waals surface area contributed by atoms with Crippen molar-refractivity contribution >= 4 is 5.91 Å². The Morgan fingerprint density at radius 1 is 1.17 bits per heavy atom. The minimum Gasteiger partial charge on any atom is -0.343 e. The van der Waals surface area contributed by atoms with E-state index in [0.717, 1.165) is 57.4 Å². The normalized spacial score (nSPS) is 21.6. The van der Waals surface area contributed by atoms with E-state index in [4.69, 9.17) is 0 Å². The van der Waals surface area contributed by atoms with E-state index in [9.17, 15) is 9.18 Å². The summed E-state index contributed by atoms with van der Waals surface area (Å²) in [6.45, 7) is 5.87. The predicted octanol–water partition coefficient (Wildman–Crippen LogP) is 3.61. The summed E-state index contributed by atoms with van der Waals surface area (Å²) < 4.78 is 13.9. The van der Waals surface area contributed by atoms with Crippen LogP contribution in [-0.2, 0) is 4.79 Å². The smallest absolute Gasteiger partial charge is 0.222 e. The Kier molecular flexibility index (Phi) is 5.31. The zero-order valence-corrected chi connectivity index (χ0v) is 14.0. The van der Waals surface area contributed by atoms with E-state index in [1.165, 1.54) is 6.07 Å². The predicted molar refractivity (Wildman–Crippen MR) is 89.5 cm³/mol. The van der Waals surface area contributed by atoms with Crippen LogP contribution in [0.25, 0.3) is 0 Å². The minimum atomic E-state index is -0.119. The molecular weight excluding hydrogens is 291 g/mol. The van der Waals surface area contributed by atoms with Crippen LogP contribution >= 0.6 is 0 Å². The number of amides is 1. The van der Waals surface area contributed by atoms with E-state index >= 15 is 0 Å². The highest BCUT2D eigenvalue weighted by Crippen LogP contribution is 2.29. The fraction of sp³-hybridized carbons (Fsp3) is 0.632. The highest BCUT2D eigenvalue weighted by Gasteiger charge is 2.27. The van der Waals surface area contributed by atoms with Gasteiger partial charge in [0.1, 0.15) is 5.82 Å². The molecule has 1 unspecified atom stereocenters. The molecule has 126 valence electrons. The third-order valence-electron chi connectivity index (χ3n) is 5.47. The molecule has 1 aromatic rings. The van der Waals surface area contributed by atoms with Crippen molar-refractivity contribution in [3.8, 4) is 0 Å². The number of rotatable bonds is 4. The molecule has 2 aliphatic heterocycles. The van der Waals surface area contributed by atoms with Crippen molar-refractivity contribution in [3.05, 3.63) is 35.6 Å². The van der Waals surface area contributed by atoms with E-state index in [-0.39, 0.29) is 11.9 Å². The summed E-state index contributed by atoms with van der Waals surface area (Å²) in [5.74, 6) is 0.710. The Hall–Kier alpha value is -1.42. The third-order valence-corrected chi connectivity index (χ3v) is 5.47. The lowest BCUT2D eigenvalue weighted by Gasteiger charge is -2.36. The van der Waals surface area contributed by atoms with Crippen molar-refractivity contribution in [2.45, 2.75) is 45.1 Å². The van der Waals surface area contributed by atoms with Gasteiger partial charge in [0.15, 0.2) is 0 Å². The van der Waals surface area contributed by atoms with Gasteiger partial charge in [-0.2, -0.15) is 0 Å². The first kappa shape index (κ1) is 16.4. The number of piperidine rings is 1. The number of hydrogen-bond acceptors (Lipinski definition) is 2. The van der Waals surface area contributed by atoms with Gasteiger partial charge in [-0.3, -0.25) is 9.69 Å². The Balaban J connectivity index is 1.50. The van der Waals surface area contributed by atoms with Gasteiger partial charge in [0.25, 0.3) is 0 Å². The van der Waals surface area contributed by atoms with Gasteiger partial charge in [-0.25, -0.2) is 4.39 Å². The molecule has 1 atom stereocenters. The average Bonchev–Trinajstić information content (AvgIpc) is 3.10. The zero-order chi connectivity index (χ0) is 16.2. The van der Waals surface area contributed by atoms with E-state index in [1.54, 1.807) is 6.07 Å². The summed E-state index contributed by atoms with van der Waals surface area (Å²) >= 11 is 0. The maximum atomic E-state index is 13.9. The molecule has 2 heterocycles. The Morgan fingerprint density at radius 2 is 1.83 bits per heavy atom. The van der Waals surface area contributed by atoms with Crippen LogP contribution in [0.3, 0.4) is 0 Å². The molecule has 1 amide bonds.